The van der Waals surface area contributed by atoms with Crippen LogP contribution in [0.4, 0.5) is 17.1 Å². The SMILES string of the molecule is c1ccc(-c2ccccc2N(c2ccccc2)c2ccc(-c3ccc([Si](c4ccccc4)(c4ccccc4)c4ccc5ccccc5c4)cc3)cc2)cc1. The summed E-state index contributed by atoms with van der Waals surface area (Å²) in [4.78, 5) is 2.36. The third-order valence-corrected chi connectivity index (χ3v) is 15.4. The normalized spacial score (nSPS) is 11.3. The zero-order valence-corrected chi connectivity index (χ0v) is 31.0. The Morgan fingerprint density at radius 3 is 1.35 bits per heavy atom. The van der Waals surface area contributed by atoms with Crippen molar-refractivity contribution >= 4 is 56.7 Å². The van der Waals surface area contributed by atoms with Crippen molar-refractivity contribution in [2.75, 3.05) is 4.90 Å². The van der Waals surface area contributed by atoms with Gasteiger partial charge in [-0.1, -0.05) is 206 Å². The Morgan fingerprint density at radius 1 is 0.278 bits per heavy atom. The molecule has 256 valence electrons. The number of rotatable bonds is 9. The van der Waals surface area contributed by atoms with Crippen LogP contribution >= 0.6 is 0 Å². The van der Waals surface area contributed by atoms with E-state index in [4.69, 9.17) is 0 Å². The van der Waals surface area contributed by atoms with Crippen molar-refractivity contribution in [1.29, 1.82) is 0 Å². The van der Waals surface area contributed by atoms with Gasteiger partial charge in [-0.15, -0.1) is 0 Å². The Labute approximate surface area is 319 Å². The van der Waals surface area contributed by atoms with Gasteiger partial charge in [0.2, 0.25) is 0 Å². The van der Waals surface area contributed by atoms with Crippen molar-refractivity contribution in [3.05, 3.63) is 237 Å². The van der Waals surface area contributed by atoms with E-state index in [0.29, 0.717) is 0 Å². The molecule has 0 saturated carbocycles. The van der Waals surface area contributed by atoms with Gasteiger partial charge < -0.3 is 4.90 Å². The van der Waals surface area contributed by atoms with Crippen molar-refractivity contribution in [3.63, 3.8) is 0 Å². The first-order chi connectivity index (χ1) is 26.8. The summed E-state index contributed by atoms with van der Waals surface area (Å²) in [5.41, 5.74) is 8.15. The highest BCUT2D eigenvalue weighted by Gasteiger charge is 2.41. The molecule has 0 unspecified atom stereocenters. The lowest BCUT2D eigenvalue weighted by molar-refractivity contribution is 1.28. The first-order valence-electron chi connectivity index (χ1n) is 18.6. The summed E-state index contributed by atoms with van der Waals surface area (Å²) in [6, 6.07) is 86.5. The van der Waals surface area contributed by atoms with Crippen LogP contribution in [0.3, 0.4) is 0 Å². The largest absolute Gasteiger partial charge is 0.310 e. The zero-order valence-electron chi connectivity index (χ0n) is 30.0. The maximum Gasteiger partial charge on any atom is 0.179 e. The highest BCUT2D eigenvalue weighted by atomic mass is 28.3. The van der Waals surface area contributed by atoms with Gasteiger partial charge in [0.15, 0.2) is 8.07 Å². The number of fused-ring (bicyclic) bond motifs is 1. The Morgan fingerprint density at radius 2 is 0.722 bits per heavy atom. The lowest BCUT2D eigenvalue weighted by atomic mass is 10.0. The Hall–Kier alpha value is -6.74. The molecule has 1 nitrogen and oxygen atoms in total. The molecule has 0 saturated heterocycles. The standard InChI is InChI=1S/C52H39NSi/c1-5-18-43(19-6-1)51-27-15-16-28-52(51)53(45-21-7-2-8-22-45)46-34-29-41(30-35-46)42-31-36-49(37-32-42)54(47-23-9-3-10-24-47,48-25-11-4-12-26-48)50-38-33-40-17-13-14-20-44(40)39-50/h1-39H. The minimum atomic E-state index is -2.68. The monoisotopic (exact) mass is 705 g/mol. The van der Waals surface area contributed by atoms with Crippen LogP contribution in [-0.2, 0) is 0 Å². The number of anilines is 3. The van der Waals surface area contributed by atoms with E-state index in [0.717, 1.165) is 17.1 Å². The van der Waals surface area contributed by atoms with Crippen LogP contribution in [0.25, 0.3) is 33.0 Å². The van der Waals surface area contributed by atoms with Crippen molar-refractivity contribution in [1.82, 2.24) is 0 Å². The van der Waals surface area contributed by atoms with E-state index in [1.807, 2.05) is 0 Å². The van der Waals surface area contributed by atoms with Crippen molar-refractivity contribution in [2.45, 2.75) is 0 Å². The Bertz CT molecular complexity index is 2580. The van der Waals surface area contributed by atoms with Crippen LogP contribution in [0.5, 0.6) is 0 Å². The van der Waals surface area contributed by atoms with Gasteiger partial charge in [0, 0.05) is 16.9 Å². The van der Waals surface area contributed by atoms with Crippen LogP contribution in [0.2, 0.25) is 0 Å². The average Bonchev–Trinajstić information content (AvgIpc) is 3.26. The molecule has 0 aromatic heterocycles. The second-order valence-corrected chi connectivity index (χ2v) is 17.5. The van der Waals surface area contributed by atoms with Gasteiger partial charge in [-0.2, -0.15) is 0 Å². The minimum Gasteiger partial charge on any atom is -0.310 e. The lowest BCUT2D eigenvalue weighted by Gasteiger charge is -2.34. The molecular weight excluding hydrogens is 667 g/mol. The van der Waals surface area contributed by atoms with Crippen molar-refractivity contribution in [2.24, 2.45) is 0 Å². The lowest BCUT2D eigenvalue weighted by Crippen LogP contribution is -2.74. The molecule has 0 radical (unpaired) electrons. The van der Waals surface area contributed by atoms with Gasteiger partial charge in [0.1, 0.15) is 0 Å². The van der Waals surface area contributed by atoms with E-state index in [-0.39, 0.29) is 0 Å². The molecule has 0 spiro atoms. The van der Waals surface area contributed by atoms with Crippen molar-refractivity contribution < 1.29 is 0 Å². The van der Waals surface area contributed by atoms with Gasteiger partial charge in [-0.3, -0.25) is 0 Å². The molecule has 9 aromatic carbocycles. The average molecular weight is 706 g/mol. The van der Waals surface area contributed by atoms with Crippen molar-refractivity contribution in [3.8, 4) is 22.3 Å². The number of nitrogens with zero attached hydrogens (tertiary/aromatic N) is 1. The maximum atomic E-state index is 2.43. The van der Waals surface area contributed by atoms with E-state index < -0.39 is 8.07 Å². The summed E-state index contributed by atoms with van der Waals surface area (Å²) < 4.78 is 0. The third-order valence-electron chi connectivity index (χ3n) is 10.6. The fourth-order valence-corrected chi connectivity index (χ4v) is 12.8. The second kappa shape index (κ2) is 14.7. The van der Waals surface area contributed by atoms with Gasteiger partial charge in [0.05, 0.1) is 5.69 Å². The number of hydrogen-bond donors (Lipinski definition) is 0. The highest BCUT2D eigenvalue weighted by Crippen LogP contribution is 2.41. The van der Waals surface area contributed by atoms with Crippen LogP contribution in [-0.4, -0.2) is 8.07 Å². The predicted octanol–water partition coefficient (Wildman–Crippen LogP) is 11.0. The first kappa shape index (κ1) is 33.1. The van der Waals surface area contributed by atoms with Crippen LogP contribution in [0.15, 0.2) is 237 Å². The molecule has 0 aliphatic rings. The molecule has 9 aromatic rings. The number of hydrogen-bond acceptors (Lipinski definition) is 1. The number of para-hydroxylation sites is 2. The molecule has 0 aliphatic carbocycles. The molecule has 0 atom stereocenters. The molecule has 54 heavy (non-hydrogen) atoms. The van der Waals surface area contributed by atoms with Crippen LogP contribution in [0, 0.1) is 0 Å². The smallest absolute Gasteiger partial charge is 0.179 e. The van der Waals surface area contributed by atoms with Gasteiger partial charge in [0.25, 0.3) is 0 Å². The van der Waals surface area contributed by atoms with Crippen LogP contribution < -0.4 is 25.6 Å². The summed E-state index contributed by atoms with van der Waals surface area (Å²) in [5.74, 6) is 0. The highest BCUT2D eigenvalue weighted by molar-refractivity contribution is 7.20. The maximum absolute atomic E-state index is 2.68. The van der Waals surface area contributed by atoms with E-state index in [1.54, 1.807) is 0 Å². The molecule has 9 rings (SSSR count). The molecule has 0 aliphatic heterocycles. The third kappa shape index (κ3) is 6.13. The van der Waals surface area contributed by atoms with E-state index in [2.05, 4.69) is 241 Å². The second-order valence-electron chi connectivity index (χ2n) is 13.7. The molecule has 0 bridgehead atoms. The van der Waals surface area contributed by atoms with Gasteiger partial charge in [-0.05, 0) is 78.5 Å². The Balaban J connectivity index is 1.14. The van der Waals surface area contributed by atoms with E-state index in [1.165, 1.54) is 53.8 Å². The topological polar surface area (TPSA) is 3.24 Å². The molecule has 0 fully saturated rings. The van der Waals surface area contributed by atoms with Gasteiger partial charge in [-0.25, -0.2) is 0 Å². The molecule has 0 heterocycles. The fourth-order valence-electron chi connectivity index (χ4n) is 8.05. The first-order valence-corrected chi connectivity index (χ1v) is 20.6. The fraction of sp³-hybridized carbons (Fsp3) is 0. The summed E-state index contributed by atoms with van der Waals surface area (Å²) in [6.07, 6.45) is 0. The minimum absolute atomic E-state index is 1.11. The Kier molecular flexibility index (Phi) is 9.02. The summed E-state index contributed by atoms with van der Waals surface area (Å²) >= 11 is 0. The molecular formula is C52H39NSi. The molecule has 0 amide bonds. The van der Waals surface area contributed by atoms with Crippen LogP contribution in [0.1, 0.15) is 0 Å². The number of benzene rings is 9. The molecule has 0 N–H and O–H groups in total. The van der Waals surface area contributed by atoms with E-state index >= 15 is 0 Å². The summed E-state index contributed by atoms with van der Waals surface area (Å²) in [7, 11) is -2.68. The predicted molar refractivity (Wildman–Crippen MR) is 233 cm³/mol. The zero-order chi connectivity index (χ0) is 36.2. The summed E-state index contributed by atoms with van der Waals surface area (Å²) in [5, 5.41) is 8.03. The van der Waals surface area contributed by atoms with E-state index in [9.17, 15) is 0 Å². The summed E-state index contributed by atoms with van der Waals surface area (Å²) in [6.45, 7) is 0. The quantitative estimate of drug-likeness (QED) is 0.107. The van der Waals surface area contributed by atoms with Gasteiger partial charge >= 0.3 is 0 Å². The molecule has 2 heteroatoms.